The third-order valence-corrected chi connectivity index (χ3v) is 3.44. The first-order valence-corrected chi connectivity index (χ1v) is 6.31. The highest BCUT2D eigenvalue weighted by Crippen LogP contribution is 2.22. The number of carbonyl (C=O) groups is 2. The molecule has 1 atom stereocenters. The number of carboxylic acid groups (broad SMARTS) is 1. The van der Waals surface area contributed by atoms with Crippen LogP contribution in [0.4, 0.5) is 0 Å². The predicted octanol–water partition coefficient (Wildman–Crippen LogP) is 1.59. The highest BCUT2D eigenvalue weighted by molar-refractivity contribution is 5.93. The summed E-state index contributed by atoms with van der Waals surface area (Å²) >= 11 is 0. The van der Waals surface area contributed by atoms with Crippen molar-refractivity contribution in [1.29, 1.82) is 0 Å². The second-order valence-electron chi connectivity index (χ2n) is 4.57. The van der Waals surface area contributed by atoms with Gasteiger partial charge in [-0.15, -0.1) is 0 Å². The molecule has 1 aliphatic heterocycles. The molecule has 0 spiro atoms. The molecule has 1 aromatic rings. The van der Waals surface area contributed by atoms with E-state index in [0.29, 0.717) is 12.2 Å². The topological polar surface area (TPSA) is 62.5 Å². The molecule has 0 radical (unpaired) electrons. The number of hydrogen-bond acceptors (Lipinski definition) is 2. The van der Waals surface area contributed by atoms with Gasteiger partial charge in [-0.3, -0.25) is 9.59 Å². The molecular formula is C13H18N2O3. The number of aryl methyl sites for hydroxylation is 1. The van der Waals surface area contributed by atoms with Crippen LogP contribution in [0.3, 0.4) is 0 Å². The maximum atomic E-state index is 12.4. The van der Waals surface area contributed by atoms with Gasteiger partial charge in [0, 0.05) is 25.3 Å². The van der Waals surface area contributed by atoms with Crippen molar-refractivity contribution >= 4 is 11.9 Å². The SMILES string of the molecule is CCn1cccc1C(=O)N1CCCC1CC(=O)O. The van der Waals surface area contributed by atoms with E-state index < -0.39 is 5.97 Å². The molecule has 2 rings (SSSR count). The molecule has 0 aliphatic carbocycles. The van der Waals surface area contributed by atoms with E-state index in [4.69, 9.17) is 5.11 Å². The minimum atomic E-state index is -0.842. The average molecular weight is 250 g/mol. The summed E-state index contributed by atoms with van der Waals surface area (Å²) in [5, 5.41) is 8.86. The van der Waals surface area contributed by atoms with Crippen LogP contribution >= 0.6 is 0 Å². The molecule has 5 nitrogen and oxygen atoms in total. The number of carbonyl (C=O) groups excluding carboxylic acids is 1. The number of amides is 1. The zero-order chi connectivity index (χ0) is 13.1. The van der Waals surface area contributed by atoms with Gasteiger partial charge in [0.25, 0.3) is 5.91 Å². The normalized spacial score (nSPS) is 19.2. The Bertz CT molecular complexity index is 453. The fourth-order valence-corrected chi connectivity index (χ4v) is 2.55. The molecule has 1 aliphatic rings. The molecule has 2 heterocycles. The maximum Gasteiger partial charge on any atom is 0.305 e. The second-order valence-corrected chi connectivity index (χ2v) is 4.57. The molecule has 1 fully saturated rings. The van der Waals surface area contributed by atoms with Crippen molar-refractivity contribution in [3.05, 3.63) is 24.0 Å². The van der Waals surface area contributed by atoms with Gasteiger partial charge in [-0.05, 0) is 31.9 Å². The van der Waals surface area contributed by atoms with Crippen molar-refractivity contribution in [2.24, 2.45) is 0 Å². The van der Waals surface area contributed by atoms with E-state index in [-0.39, 0.29) is 18.4 Å². The molecule has 1 amide bonds. The third kappa shape index (κ3) is 2.39. The van der Waals surface area contributed by atoms with Crippen LogP contribution in [0.2, 0.25) is 0 Å². The van der Waals surface area contributed by atoms with Gasteiger partial charge in [0.2, 0.25) is 0 Å². The largest absolute Gasteiger partial charge is 0.481 e. The van der Waals surface area contributed by atoms with Crippen LogP contribution in [-0.4, -0.2) is 39.0 Å². The molecule has 98 valence electrons. The zero-order valence-corrected chi connectivity index (χ0v) is 10.5. The van der Waals surface area contributed by atoms with E-state index in [2.05, 4.69) is 0 Å². The van der Waals surface area contributed by atoms with Gasteiger partial charge in [-0.25, -0.2) is 0 Å². The highest BCUT2D eigenvalue weighted by Gasteiger charge is 2.31. The van der Waals surface area contributed by atoms with Gasteiger partial charge in [0.15, 0.2) is 0 Å². The molecule has 5 heteroatoms. The van der Waals surface area contributed by atoms with E-state index >= 15 is 0 Å². The summed E-state index contributed by atoms with van der Waals surface area (Å²) in [6.45, 7) is 3.38. The van der Waals surface area contributed by atoms with Crippen LogP contribution in [-0.2, 0) is 11.3 Å². The Balaban J connectivity index is 2.15. The van der Waals surface area contributed by atoms with E-state index in [0.717, 1.165) is 19.4 Å². The lowest BCUT2D eigenvalue weighted by molar-refractivity contribution is -0.137. The number of aliphatic carboxylic acids is 1. The van der Waals surface area contributed by atoms with Crippen LogP contribution in [0.5, 0.6) is 0 Å². The van der Waals surface area contributed by atoms with Crippen LogP contribution in [0.25, 0.3) is 0 Å². The van der Waals surface area contributed by atoms with Crippen molar-refractivity contribution in [1.82, 2.24) is 9.47 Å². The first kappa shape index (κ1) is 12.7. The van der Waals surface area contributed by atoms with Crippen molar-refractivity contribution in [3.8, 4) is 0 Å². The van der Waals surface area contributed by atoms with Gasteiger partial charge in [0.05, 0.1) is 6.42 Å². The van der Waals surface area contributed by atoms with E-state index in [9.17, 15) is 9.59 Å². The Labute approximate surface area is 106 Å². The molecule has 0 aromatic carbocycles. The fourth-order valence-electron chi connectivity index (χ4n) is 2.55. The lowest BCUT2D eigenvalue weighted by atomic mass is 10.1. The zero-order valence-electron chi connectivity index (χ0n) is 10.5. The number of aromatic nitrogens is 1. The molecule has 18 heavy (non-hydrogen) atoms. The Kier molecular flexibility index (Phi) is 3.69. The Morgan fingerprint density at radius 1 is 1.50 bits per heavy atom. The van der Waals surface area contributed by atoms with Gasteiger partial charge in [-0.2, -0.15) is 0 Å². The number of nitrogens with zero attached hydrogens (tertiary/aromatic N) is 2. The molecule has 1 N–H and O–H groups in total. The first-order valence-electron chi connectivity index (χ1n) is 6.31. The van der Waals surface area contributed by atoms with Gasteiger partial charge in [0.1, 0.15) is 5.69 Å². The summed E-state index contributed by atoms with van der Waals surface area (Å²) in [6.07, 6.45) is 3.58. The molecule has 1 aromatic heterocycles. The Morgan fingerprint density at radius 2 is 2.28 bits per heavy atom. The minimum Gasteiger partial charge on any atom is -0.481 e. The van der Waals surface area contributed by atoms with Crippen molar-refractivity contribution in [2.75, 3.05) is 6.54 Å². The average Bonchev–Trinajstić information content (AvgIpc) is 2.95. The van der Waals surface area contributed by atoms with Crippen molar-refractivity contribution in [2.45, 2.75) is 38.8 Å². The number of carboxylic acids is 1. The molecule has 0 bridgehead atoms. The summed E-state index contributed by atoms with van der Waals surface area (Å²) in [4.78, 5) is 24.9. The highest BCUT2D eigenvalue weighted by atomic mass is 16.4. The van der Waals surface area contributed by atoms with Crippen LogP contribution < -0.4 is 0 Å². The van der Waals surface area contributed by atoms with E-state index in [1.54, 1.807) is 11.0 Å². The van der Waals surface area contributed by atoms with E-state index in [1.165, 1.54) is 0 Å². The van der Waals surface area contributed by atoms with E-state index in [1.807, 2.05) is 23.8 Å². The van der Waals surface area contributed by atoms with Crippen LogP contribution in [0.15, 0.2) is 18.3 Å². The number of rotatable bonds is 4. The summed E-state index contributed by atoms with van der Waals surface area (Å²) in [5.41, 5.74) is 0.648. The first-order chi connectivity index (χ1) is 8.63. The summed E-state index contributed by atoms with van der Waals surface area (Å²) in [7, 11) is 0. The quantitative estimate of drug-likeness (QED) is 0.882. The second kappa shape index (κ2) is 5.25. The Hall–Kier alpha value is -1.78. The van der Waals surface area contributed by atoms with Crippen molar-refractivity contribution < 1.29 is 14.7 Å². The Morgan fingerprint density at radius 3 is 2.94 bits per heavy atom. The fraction of sp³-hybridized carbons (Fsp3) is 0.538. The lowest BCUT2D eigenvalue weighted by Gasteiger charge is -2.24. The molecular weight excluding hydrogens is 232 g/mol. The van der Waals surface area contributed by atoms with Crippen LogP contribution in [0, 0.1) is 0 Å². The summed E-state index contributed by atoms with van der Waals surface area (Å²) in [5.74, 6) is -0.892. The van der Waals surface area contributed by atoms with Crippen molar-refractivity contribution in [3.63, 3.8) is 0 Å². The molecule has 1 saturated heterocycles. The summed E-state index contributed by atoms with van der Waals surface area (Å²) in [6, 6.07) is 3.48. The monoisotopic (exact) mass is 250 g/mol. The third-order valence-electron chi connectivity index (χ3n) is 3.44. The summed E-state index contributed by atoms with van der Waals surface area (Å²) < 4.78 is 1.89. The maximum absolute atomic E-state index is 12.4. The predicted molar refractivity (Wildman–Crippen MR) is 66.4 cm³/mol. The molecule has 0 saturated carbocycles. The molecule has 1 unspecified atom stereocenters. The van der Waals surface area contributed by atoms with Crippen LogP contribution in [0.1, 0.15) is 36.7 Å². The van der Waals surface area contributed by atoms with Gasteiger partial charge in [-0.1, -0.05) is 0 Å². The minimum absolute atomic E-state index is 0.0403. The lowest BCUT2D eigenvalue weighted by Crippen LogP contribution is -2.37. The smallest absolute Gasteiger partial charge is 0.305 e. The standard InChI is InChI=1S/C13H18N2O3/c1-2-14-7-4-6-11(14)13(18)15-8-3-5-10(15)9-12(16)17/h4,6-7,10H,2-3,5,8-9H2,1H3,(H,16,17). The number of likely N-dealkylation sites (tertiary alicyclic amines) is 1. The number of hydrogen-bond donors (Lipinski definition) is 1. The van der Waals surface area contributed by atoms with Gasteiger partial charge >= 0.3 is 5.97 Å². The van der Waals surface area contributed by atoms with Gasteiger partial charge < -0.3 is 14.6 Å².